The summed E-state index contributed by atoms with van der Waals surface area (Å²) in [4.78, 5) is 2.70. The second kappa shape index (κ2) is 4.42. The van der Waals surface area contributed by atoms with Gasteiger partial charge >= 0.3 is 0 Å². The molecule has 0 amide bonds. The molecule has 2 nitrogen and oxygen atoms in total. The Morgan fingerprint density at radius 1 is 1.00 bits per heavy atom. The number of likely N-dealkylation sites (tertiary alicyclic amines) is 1. The fraction of sp³-hybridized carbons (Fsp3) is 1.00. The van der Waals surface area contributed by atoms with Crippen LogP contribution in [0.4, 0.5) is 0 Å². The second-order valence-corrected chi connectivity index (χ2v) is 5.81. The molecule has 1 unspecified atom stereocenters. The summed E-state index contributed by atoms with van der Waals surface area (Å²) in [5.74, 6) is 1.10. The lowest BCUT2D eigenvalue weighted by Gasteiger charge is -2.33. The summed E-state index contributed by atoms with van der Waals surface area (Å²) in [6, 6.07) is 1.70. The van der Waals surface area contributed by atoms with Crippen molar-refractivity contribution in [2.75, 3.05) is 19.6 Å². The highest BCUT2D eigenvalue weighted by atomic mass is 15.2. The van der Waals surface area contributed by atoms with E-state index < -0.39 is 0 Å². The summed E-state index contributed by atoms with van der Waals surface area (Å²) in [5.41, 5.74) is 0. The molecule has 0 bridgehead atoms. The lowest BCUT2D eigenvalue weighted by Crippen LogP contribution is -2.46. The number of hydrogen-bond acceptors (Lipinski definition) is 2. The van der Waals surface area contributed by atoms with Gasteiger partial charge in [-0.2, -0.15) is 0 Å². The predicted molar refractivity (Wildman–Crippen MR) is 63.0 cm³/mol. The predicted octanol–water partition coefficient (Wildman–Crippen LogP) is 2.00. The van der Waals surface area contributed by atoms with Crippen LogP contribution in [0.5, 0.6) is 0 Å². The zero-order chi connectivity index (χ0) is 10.1. The van der Waals surface area contributed by atoms with Gasteiger partial charge in [0.05, 0.1) is 0 Å². The summed E-state index contributed by atoms with van der Waals surface area (Å²) < 4.78 is 0. The van der Waals surface area contributed by atoms with Gasteiger partial charge in [-0.25, -0.2) is 0 Å². The molecule has 1 saturated heterocycles. The standard InChI is InChI=1S/C13H24N2/c1-2-13(14-12-5-6-12)10-15(8-1)9-7-11-3-4-11/h11-14H,1-10H2. The third-order valence-corrected chi connectivity index (χ3v) is 4.10. The van der Waals surface area contributed by atoms with Gasteiger partial charge in [0.1, 0.15) is 0 Å². The van der Waals surface area contributed by atoms with Crippen LogP contribution < -0.4 is 5.32 Å². The number of nitrogens with zero attached hydrogens (tertiary/aromatic N) is 1. The number of piperidine rings is 1. The lowest BCUT2D eigenvalue weighted by atomic mass is 10.1. The van der Waals surface area contributed by atoms with E-state index in [9.17, 15) is 0 Å². The van der Waals surface area contributed by atoms with Gasteiger partial charge in [-0.3, -0.25) is 0 Å². The van der Waals surface area contributed by atoms with Gasteiger partial charge < -0.3 is 10.2 Å². The zero-order valence-corrected chi connectivity index (χ0v) is 9.75. The Kier molecular flexibility index (Phi) is 2.98. The molecule has 0 radical (unpaired) electrons. The van der Waals surface area contributed by atoms with Crippen LogP contribution in [-0.2, 0) is 0 Å². The first kappa shape index (κ1) is 10.1. The van der Waals surface area contributed by atoms with Crippen molar-refractivity contribution in [3.63, 3.8) is 0 Å². The van der Waals surface area contributed by atoms with Gasteiger partial charge in [-0.05, 0) is 51.1 Å². The van der Waals surface area contributed by atoms with Crippen molar-refractivity contribution in [1.29, 1.82) is 0 Å². The minimum absolute atomic E-state index is 0.811. The monoisotopic (exact) mass is 208 g/mol. The highest BCUT2D eigenvalue weighted by Gasteiger charge is 2.28. The SMILES string of the molecule is C1CC(NC2CC2)CN(CCC2CC2)C1. The Hall–Kier alpha value is -0.0800. The highest BCUT2D eigenvalue weighted by molar-refractivity contribution is 4.88. The number of hydrogen-bond donors (Lipinski definition) is 1. The Bertz CT molecular complexity index is 209. The quantitative estimate of drug-likeness (QED) is 0.743. The summed E-state index contributed by atoms with van der Waals surface area (Å²) in [7, 11) is 0. The first-order valence-electron chi connectivity index (χ1n) is 6.88. The minimum Gasteiger partial charge on any atom is -0.310 e. The van der Waals surface area contributed by atoms with Gasteiger partial charge in [0.25, 0.3) is 0 Å². The first-order valence-corrected chi connectivity index (χ1v) is 6.88. The zero-order valence-electron chi connectivity index (χ0n) is 9.75. The average molecular weight is 208 g/mol. The van der Waals surface area contributed by atoms with Crippen LogP contribution in [0.3, 0.4) is 0 Å². The molecule has 2 heteroatoms. The molecule has 2 saturated carbocycles. The van der Waals surface area contributed by atoms with Gasteiger partial charge in [0.2, 0.25) is 0 Å². The molecule has 1 atom stereocenters. The van der Waals surface area contributed by atoms with Crippen molar-refractivity contribution in [2.45, 2.75) is 57.0 Å². The topological polar surface area (TPSA) is 15.3 Å². The van der Waals surface area contributed by atoms with E-state index in [2.05, 4.69) is 10.2 Å². The summed E-state index contributed by atoms with van der Waals surface area (Å²) in [6.07, 6.45) is 10.2. The maximum absolute atomic E-state index is 3.78. The smallest absolute Gasteiger partial charge is 0.0198 e. The van der Waals surface area contributed by atoms with Crippen LogP contribution in [0.2, 0.25) is 0 Å². The minimum atomic E-state index is 0.811. The number of rotatable bonds is 5. The normalized spacial score (nSPS) is 33.2. The van der Waals surface area contributed by atoms with E-state index in [0.717, 1.165) is 18.0 Å². The van der Waals surface area contributed by atoms with E-state index in [0.29, 0.717) is 0 Å². The second-order valence-electron chi connectivity index (χ2n) is 5.81. The Balaban J connectivity index is 1.38. The van der Waals surface area contributed by atoms with Crippen molar-refractivity contribution in [1.82, 2.24) is 10.2 Å². The molecule has 0 aromatic carbocycles. The molecule has 1 heterocycles. The molecular formula is C13H24N2. The third kappa shape index (κ3) is 3.18. The molecule has 1 aliphatic heterocycles. The van der Waals surface area contributed by atoms with E-state index in [1.807, 2.05) is 0 Å². The molecular weight excluding hydrogens is 184 g/mol. The fourth-order valence-electron chi connectivity index (χ4n) is 2.75. The van der Waals surface area contributed by atoms with Crippen molar-refractivity contribution >= 4 is 0 Å². The van der Waals surface area contributed by atoms with Crippen LogP contribution in [0.1, 0.15) is 44.9 Å². The largest absolute Gasteiger partial charge is 0.310 e. The Labute approximate surface area is 93.4 Å². The Morgan fingerprint density at radius 2 is 1.87 bits per heavy atom. The van der Waals surface area contributed by atoms with E-state index in [1.54, 1.807) is 0 Å². The maximum atomic E-state index is 3.78. The van der Waals surface area contributed by atoms with Crippen molar-refractivity contribution in [2.24, 2.45) is 5.92 Å². The highest BCUT2D eigenvalue weighted by Crippen LogP contribution is 2.32. The van der Waals surface area contributed by atoms with Crippen LogP contribution >= 0.6 is 0 Å². The summed E-state index contributed by atoms with van der Waals surface area (Å²) in [5, 5.41) is 3.78. The molecule has 86 valence electrons. The van der Waals surface area contributed by atoms with Crippen molar-refractivity contribution in [3.8, 4) is 0 Å². The molecule has 3 rings (SSSR count). The first-order chi connectivity index (χ1) is 7.40. The van der Waals surface area contributed by atoms with E-state index in [4.69, 9.17) is 0 Å². The average Bonchev–Trinajstić information content (AvgIpc) is 3.10. The van der Waals surface area contributed by atoms with Gasteiger partial charge in [-0.1, -0.05) is 12.8 Å². The van der Waals surface area contributed by atoms with Crippen LogP contribution in [0.25, 0.3) is 0 Å². The fourth-order valence-corrected chi connectivity index (χ4v) is 2.75. The number of nitrogens with one attached hydrogen (secondary N) is 1. The third-order valence-electron chi connectivity index (χ3n) is 4.10. The summed E-state index contributed by atoms with van der Waals surface area (Å²) in [6.45, 7) is 4.05. The van der Waals surface area contributed by atoms with Crippen LogP contribution in [0.15, 0.2) is 0 Å². The summed E-state index contributed by atoms with van der Waals surface area (Å²) >= 11 is 0. The molecule has 3 aliphatic rings. The molecule has 15 heavy (non-hydrogen) atoms. The van der Waals surface area contributed by atoms with E-state index in [-0.39, 0.29) is 0 Å². The van der Waals surface area contributed by atoms with Crippen LogP contribution in [0, 0.1) is 5.92 Å². The molecule has 0 spiro atoms. The molecule has 1 N–H and O–H groups in total. The van der Waals surface area contributed by atoms with E-state index >= 15 is 0 Å². The molecule has 2 aliphatic carbocycles. The van der Waals surface area contributed by atoms with E-state index in [1.165, 1.54) is 64.6 Å². The van der Waals surface area contributed by atoms with Crippen molar-refractivity contribution < 1.29 is 0 Å². The molecule has 0 aromatic heterocycles. The Morgan fingerprint density at radius 3 is 2.60 bits per heavy atom. The maximum Gasteiger partial charge on any atom is 0.0198 e. The molecule has 0 aromatic rings. The lowest BCUT2D eigenvalue weighted by molar-refractivity contribution is 0.185. The van der Waals surface area contributed by atoms with Crippen molar-refractivity contribution in [3.05, 3.63) is 0 Å². The van der Waals surface area contributed by atoms with Crippen LogP contribution in [-0.4, -0.2) is 36.6 Å². The molecule has 3 fully saturated rings. The van der Waals surface area contributed by atoms with Gasteiger partial charge in [0.15, 0.2) is 0 Å². The van der Waals surface area contributed by atoms with Gasteiger partial charge in [-0.15, -0.1) is 0 Å². The van der Waals surface area contributed by atoms with Gasteiger partial charge in [0, 0.05) is 18.6 Å².